The molecule has 0 radical (unpaired) electrons. The molecule has 0 spiro atoms. The Kier molecular flexibility index (Phi) is 13.8. The number of esters is 1. The second-order valence-electron chi connectivity index (χ2n) is 23.6. The number of hydrogen-bond donors (Lipinski definition) is 1. The van der Waals surface area contributed by atoms with E-state index in [0.717, 1.165) is 83.2 Å². The lowest BCUT2D eigenvalue weighted by atomic mass is 9.32. The van der Waals surface area contributed by atoms with Crippen LogP contribution in [0.1, 0.15) is 152 Å². The van der Waals surface area contributed by atoms with Crippen molar-refractivity contribution in [2.45, 2.75) is 164 Å². The molecule has 354 valence electrons. The van der Waals surface area contributed by atoms with Crippen LogP contribution in [-0.4, -0.2) is 91.9 Å². The van der Waals surface area contributed by atoms with Crippen molar-refractivity contribution in [2.75, 3.05) is 40.3 Å². The summed E-state index contributed by atoms with van der Waals surface area (Å²) in [5.74, 6) is 1.59. The second kappa shape index (κ2) is 17.5. The standard InChI is InChI=1S/C51H79N3O7S.CH4/c1-34(2)37-18-23-51(30-42(55)54-28-26-53(27-29-54)33-35-12-14-36(15-13-35)62(59,60)52(10)11)25-24-49(8)38(45(37)51)16-17-40-48(7)21-20-41(47(5,6)39(48)19-22-50(40,49)9)61-44(58)32-46(3,4)31-43(56)57;/h12-15,37-41,45H,1,16-33H2,2-11H3,(H,56,57);1H4/t37-,38+,39-,40+,41-,45+,48-,49+,50+,51+;/m0./s1. The van der Waals surface area contributed by atoms with Crippen LogP contribution in [0.3, 0.4) is 0 Å². The van der Waals surface area contributed by atoms with Gasteiger partial charge in [0.15, 0.2) is 0 Å². The molecule has 0 unspecified atom stereocenters. The zero-order valence-electron chi connectivity index (χ0n) is 39.9. The van der Waals surface area contributed by atoms with Crippen LogP contribution in [-0.2, 0) is 35.7 Å². The highest BCUT2D eigenvalue weighted by molar-refractivity contribution is 7.89. The number of ether oxygens (including phenoxy) is 1. The van der Waals surface area contributed by atoms with Crippen molar-refractivity contribution in [3.63, 3.8) is 0 Å². The number of carbonyl (C=O) groups is 3. The van der Waals surface area contributed by atoms with E-state index in [1.807, 2.05) is 26.0 Å². The topological polar surface area (TPSA) is 125 Å². The number of fused-ring (bicyclic) bond motifs is 7. The molecular formula is C52H83N3O7S. The molecule has 5 aliphatic carbocycles. The molecule has 11 heteroatoms. The summed E-state index contributed by atoms with van der Waals surface area (Å²) in [4.78, 5) is 44.1. The maximum atomic E-state index is 14.5. The lowest BCUT2D eigenvalue weighted by Gasteiger charge is -2.73. The van der Waals surface area contributed by atoms with Gasteiger partial charge in [-0.1, -0.05) is 80.2 Å². The Morgan fingerprint density at radius 1 is 0.841 bits per heavy atom. The number of aliphatic carboxylic acids is 1. The van der Waals surface area contributed by atoms with E-state index in [-0.39, 0.29) is 59.4 Å². The van der Waals surface area contributed by atoms with E-state index in [1.165, 1.54) is 29.1 Å². The first-order chi connectivity index (χ1) is 28.8. The number of carboxylic acid groups (broad SMARTS) is 1. The van der Waals surface area contributed by atoms with Gasteiger partial charge < -0.3 is 14.7 Å². The highest BCUT2D eigenvalue weighted by Gasteiger charge is 2.71. The minimum absolute atomic E-state index is 0. The van der Waals surface area contributed by atoms with Crippen molar-refractivity contribution < 1.29 is 32.6 Å². The molecule has 7 rings (SSSR count). The van der Waals surface area contributed by atoms with Crippen LogP contribution in [0.25, 0.3) is 0 Å². The van der Waals surface area contributed by atoms with E-state index in [2.05, 4.69) is 57.9 Å². The molecule has 0 aromatic heterocycles. The predicted molar refractivity (Wildman–Crippen MR) is 250 cm³/mol. The SMILES string of the molecule is C.C=C(C)[C@@H]1CC[C@]2(CC(=O)N3CCN(Cc4ccc(S(=O)(=O)N(C)C)cc4)CC3)CC[C@]3(C)[C@H](CC[C@@H]4[C@@]5(C)CC[C@H](OC(=O)CC(C)(C)CC(=O)O)C(C)(C)[C@@H]5CC[C@]43C)[C@@H]12. The quantitative estimate of drug-likeness (QED) is 0.163. The summed E-state index contributed by atoms with van der Waals surface area (Å²) < 4.78 is 32.7. The number of allylic oxidation sites excluding steroid dienone is 1. The molecule has 1 heterocycles. The molecule has 1 amide bonds. The highest BCUT2D eigenvalue weighted by atomic mass is 32.2. The van der Waals surface area contributed by atoms with E-state index >= 15 is 0 Å². The number of hydrogen-bond acceptors (Lipinski definition) is 7. The first-order valence-corrected chi connectivity index (χ1v) is 25.3. The molecule has 5 saturated carbocycles. The molecule has 1 aromatic carbocycles. The number of carboxylic acids is 1. The Morgan fingerprint density at radius 3 is 2.10 bits per heavy atom. The molecular weight excluding hydrogens is 811 g/mol. The normalized spacial score (nSPS) is 36.5. The number of benzene rings is 1. The van der Waals surface area contributed by atoms with Gasteiger partial charge in [0.2, 0.25) is 15.9 Å². The summed E-state index contributed by atoms with van der Waals surface area (Å²) in [5, 5.41) is 9.40. The monoisotopic (exact) mass is 894 g/mol. The molecule has 10 nitrogen and oxygen atoms in total. The Labute approximate surface area is 381 Å². The highest BCUT2D eigenvalue weighted by Crippen LogP contribution is 2.78. The third kappa shape index (κ3) is 8.71. The second-order valence-corrected chi connectivity index (χ2v) is 25.7. The Bertz CT molecular complexity index is 2010. The van der Waals surface area contributed by atoms with Crippen molar-refractivity contribution in [3.05, 3.63) is 42.0 Å². The fourth-order valence-electron chi connectivity index (χ4n) is 15.6. The van der Waals surface area contributed by atoms with Crippen molar-refractivity contribution in [3.8, 4) is 0 Å². The first-order valence-electron chi connectivity index (χ1n) is 23.9. The van der Waals surface area contributed by atoms with Gasteiger partial charge in [-0.3, -0.25) is 19.3 Å². The van der Waals surface area contributed by atoms with Crippen molar-refractivity contribution in [1.82, 2.24) is 14.1 Å². The van der Waals surface area contributed by atoms with Crippen LogP contribution in [0.2, 0.25) is 0 Å². The number of rotatable bonds is 12. The largest absolute Gasteiger partial charge is 0.481 e. The van der Waals surface area contributed by atoms with Crippen LogP contribution in [0.15, 0.2) is 41.3 Å². The average molecular weight is 894 g/mol. The molecule has 1 aromatic rings. The van der Waals surface area contributed by atoms with Crippen molar-refractivity contribution >= 4 is 27.9 Å². The molecule has 1 saturated heterocycles. The van der Waals surface area contributed by atoms with E-state index in [1.54, 1.807) is 26.2 Å². The zero-order chi connectivity index (χ0) is 45.4. The van der Waals surface area contributed by atoms with Crippen molar-refractivity contribution in [2.24, 2.45) is 62.1 Å². The lowest BCUT2D eigenvalue weighted by Crippen LogP contribution is -2.67. The minimum Gasteiger partial charge on any atom is -0.481 e. The molecule has 1 N–H and O–H groups in total. The molecule has 0 bridgehead atoms. The van der Waals surface area contributed by atoms with Gasteiger partial charge in [-0.15, -0.1) is 0 Å². The van der Waals surface area contributed by atoms with E-state index < -0.39 is 21.4 Å². The fourth-order valence-corrected chi connectivity index (χ4v) is 16.5. The Morgan fingerprint density at radius 2 is 1.49 bits per heavy atom. The molecule has 6 fully saturated rings. The average Bonchev–Trinajstić information content (AvgIpc) is 3.55. The van der Waals surface area contributed by atoms with Crippen LogP contribution >= 0.6 is 0 Å². The van der Waals surface area contributed by atoms with Gasteiger partial charge in [-0.25, -0.2) is 12.7 Å². The molecule has 10 atom stereocenters. The van der Waals surface area contributed by atoms with Crippen LogP contribution < -0.4 is 0 Å². The van der Waals surface area contributed by atoms with Gasteiger partial charge in [0.05, 0.1) is 17.7 Å². The minimum atomic E-state index is -3.46. The van der Waals surface area contributed by atoms with Crippen molar-refractivity contribution in [1.29, 1.82) is 0 Å². The maximum absolute atomic E-state index is 14.5. The lowest BCUT2D eigenvalue weighted by molar-refractivity contribution is -0.250. The number of nitrogens with zero attached hydrogens (tertiary/aromatic N) is 3. The molecule has 6 aliphatic rings. The van der Waals surface area contributed by atoms with E-state index in [4.69, 9.17) is 4.74 Å². The van der Waals surface area contributed by atoms with Crippen LogP contribution in [0, 0.1) is 62.1 Å². The fraction of sp³-hybridized carbons (Fsp3) is 0.788. The molecule has 1 aliphatic heterocycles. The number of sulfonamides is 1. The van der Waals surface area contributed by atoms with Gasteiger partial charge in [0.25, 0.3) is 0 Å². The Balaban J connectivity index is 0.00000661. The smallest absolute Gasteiger partial charge is 0.306 e. The van der Waals surface area contributed by atoms with Gasteiger partial charge in [-0.05, 0) is 145 Å². The van der Waals surface area contributed by atoms with E-state index in [0.29, 0.717) is 46.8 Å². The first kappa shape index (κ1) is 49.7. The number of amides is 1. The summed E-state index contributed by atoms with van der Waals surface area (Å²) >= 11 is 0. The predicted octanol–water partition coefficient (Wildman–Crippen LogP) is 10.1. The third-order valence-corrected chi connectivity index (χ3v) is 20.9. The van der Waals surface area contributed by atoms with Gasteiger partial charge in [0, 0.05) is 58.7 Å². The summed E-state index contributed by atoms with van der Waals surface area (Å²) in [6, 6.07) is 7.20. The maximum Gasteiger partial charge on any atom is 0.306 e. The van der Waals surface area contributed by atoms with Crippen LogP contribution in [0.5, 0.6) is 0 Å². The van der Waals surface area contributed by atoms with Gasteiger partial charge in [-0.2, -0.15) is 0 Å². The number of piperazine rings is 1. The zero-order valence-corrected chi connectivity index (χ0v) is 40.7. The third-order valence-electron chi connectivity index (χ3n) is 19.0. The van der Waals surface area contributed by atoms with Gasteiger partial charge in [0.1, 0.15) is 6.10 Å². The number of carbonyl (C=O) groups excluding carboxylic acids is 2. The molecule has 63 heavy (non-hydrogen) atoms. The summed E-state index contributed by atoms with van der Waals surface area (Å²) in [6.45, 7) is 26.8. The summed E-state index contributed by atoms with van der Waals surface area (Å²) in [6.07, 6.45) is 11.6. The van der Waals surface area contributed by atoms with Gasteiger partial charge >= 0.3 is 11.9 Å². The Hall–Kier alpha value is -2.76. The van der Waals surface area contributed by atoms with Crippen LogP contribution in [0.4, 0.5) is 0 Å². The summed E-state index contributed by atoms with van der Waals surface area (Å²) in [7, 11) is -0.369. The summed E-state index contributed by atoms with van der Waals surface area (Å²) in [5.41, 5.74) is 1.97. The van der Waals surface area contributed by atoms with E-state index in [9.17, 15) is 27.9 Å².